The van der Waals surface area contributed by atoms with Crippen LogP contribution in [0.4, 0.5) is 0 Å². The predicted octanol–water partition coefficient (Wildman–Crippen LogP) is 1.53. The van der Waals surface area contributed by atoms with Crippen LogP contribution in [0, 0.1) is 0 Å². The van der Waals surface area contributed by atoms with Gasteiger partial charge in [-0.1, -0.05) is 47.3 Å². The number of hydrogen-bond acceptors (Lipinski definition) is 6. The van der Waals surface area contributed by atoms with Crippen molar-refractivity contribution in [3.05, 3.63) is 0 Å². The third kappa shape index (κ3) is 11.4. The predicted molar refractivity (Wildman–Crippen MR) is 83.8 cm³/mol. The van der Waals surface area contributed by atoms with Crippen molar-refractivity contribution in [3.8, 4) is 0 Å². The molecule has 0 unspecified atom stereocenters. The van der Waals surface area contributed by atoms with Crippen LogP contribution in [0.2, 0.25) is 0 Å². The molecule has 0 heterocycles. The van der Waals surface area contributed by atoms with Crippen molar-refractivity contribution in [3.63, 3.8) is 0 Å². The van der Waals surface area contributed by atoms with Crippen LogP contribution in [0.5, 0.6) is 0 Å². The normalized spacial score (nSPS) is 13.9. The van der Waals surface area contributed by atoms with Crippen molar-refractivity contribution >= 4 is 33.5 Å². The third-order valence-electron chi connectivity index (χ3n) is 2.71. The standard InChI is InChI=1S/C12H24N2O4S2/c13-9(11(15)16)6-4-2-1-3-5-7-19-20-8-10(14)12(17)18/h9-10H,1-8,13-14H2,(H,15,16)(H,17,18)/t9-,10-/m0/s1. The molecule has 0 aromatic rings. The second kappa shape index (κ2) is 12.3. The van der Waals surface area contributed by atoms with E-state index in [0.717, 1.165) is 37.9 Å². The number of aliphatic carboxylic acids is 2. The highest BCUT2D eigenvalue weighted by Gasteiger charge is 2.11. The van der Waals surface area contributed by atoms with Crippen LogP contribution < -0.4 is 11.5 Å². The lowest BCUT2D eigenvalue weighted by molar-refractivity contribution is -0.139. The molecule has 0 aliphatic rings. The summed E-state index contributed by atoms with van der Waals surface area (Å²) in [6, 6.07) is -1.52. The molecule has 8 heteroatoms. The fourth-order valence-corrected chi connectivity index (χ4v) is 3.69. The lowest BCUT2D eigenvalue weighted by Gasteiger charge is -2.06. The Morgan fingerprint density at radius 3 is 2.00 bits per heavy atom. The molecule has 0 radical (unpaired) electrons. The molecule has 0 aromatic heterocycles. The lowest BCUT2D eigenvalue weighted by atomic mass is 10.1. The Balaban J connectivity index is 3.21. The fraction of sp³-hybridized carbons (Fsp3) is 0.833. The van der Waals surface area contributed by atoms with Crippen molar-refractivity contribution in [1.29, 1.82) is 0 Å². The molecule has 0 bridgehead atoms. The van der Waals surface area contributed by atoms with E-state index in [4.69, 9.17) is 21.7 Å². The van der Waals surface area contributed by atoms with Gasteiger partial charge < -0.3 is 21.7 Å². The second-order valence-electron chi connectivity index (χ2n) is 4.55. The van der Waals surface area contributed by atoms with Crippen molar-refractivity contribution in [1.82, 2.24) is 0 Å². The molecule has 0 aromatic carbocycles. The van der Waals surface area contributed by atoms with Crippen LogP contribution in [-0.4, -0.2) is 45.7 Å². The molecule has 0 aliphatic heterocycles. The van der Waals surface area contributed by atoms with Gasteiger partial charge in [0.25, 0.3) is 0 Å². The van der Waals surface area contributed by atoms with Crippen molar-refractivity contribution in [2.24, 2.45) is 11.5 Å². The van der Waals surface area contributed by atoms with Gasteiger partial charge in [-0.05, 0) is 12.8 Å². The van der Waals surface area contributed by atoms with Gasteiger partial charge >= 0.3 is 11.9 Å². The molecular weight excluding hydrogens is 300 g/mol. The summed E-state index contributed by atoms with van der Waals surface area (Å²) in [6.45, 7) is 0. The van der Waals surface area contributed by atoms with E-state index in [1.54, 1.807) is 10.8 Å². The number of carboxylic acids is 2. The molecule has 6 nitrogen and oxygen atoms in total. The van der Waals surface area contributed by atoms with Crippen molar-refractivity contribution in [2.75, 3.05) is 11.5 Å². The van der Waals surface area contributed by atoms with E-state index >= 15 is 0 Å². The maximum atomic E-state index is 10.5. The molecule has 0 fully saturated rings. The highest BCUT2D eigenvalue weighted by molar-refractivity contribution is 8.76. The molecule has 0 amide bonds. The zero-order valence-electron chi connectivity index (χ0n) is 11.5. The van der Waals surface area contributed by atoms with Gasteiger partial charge in [-0.2, -0.15) is 0 Å². The molecule has 6 N–H and O–H groups in total. The summed E-state index contributed by atoms with van der Waals surface area (Å²) in [5, 5.41) is 17.2. The molecule has 0 saturated heterocycles. The molecule has 0 spiro atoms. The summed E-state index contributed by atoms with van der Waals surface area (Å²) < 4.78 is 0. The van der Waals surface area contributed by atoms with E-state index < -0.39 is 24.0 Å². The summed E-state index contributed by atoms with van der Waals surface area (Å²) in [6.07, 6.45) is 5.64. The SMILES string of the molecule is N[C@@H](CCCCCCCSSC[C@H](N)C(=O)O)C(=O)O. The minimum Gasteiger partial charge on any atom is -0.480 e. The van der Waals surface area contributed by atoms with Crippen molar-refractivity contribution < 1.29 is 19.8 Å². The van der Waals surface area contributed by atoms with Crippen LogP contribution >= 0.6 is 21.6 Å². The van der Waals surface area contributed by atoms with Crippen LogP contribution in [0.1, 0.15) is 38.5 Å². The first-order valence-electron chi connectivity index (χ1n) is 6.66. The topological polar surface area (TPSA) is 127 Å². The molecule has 0 rings (SSSR count). The first-order valence-corrected chi connectivity index (χ1v) is 9.15. The van der Waals surface area contributed by atoms with Gasteiger partial charge in [0.05, 0.1) is 0 Å². The Morgan fingerprint density at radius 2 is 1.40 bits per heavy atom. The number of nitrogens with two attached hydrogens (primary N) is 2. The Morgan fingerprint density at radius 1 is 0.850 bits per heavy atom. The van der Waals surface area contributed by atoms with E-state index in [1.807, 2.05) is 0 Å². The largest absolute Gasteiger partial charge is 0.480 e. The zero-order valence-corrected chi connectivity index (χ0v) is 13.1. The summed E-state index contributed by atoms with van der Waals surface area (Å²) in [4.78, 5) is 20.9. The van der Waals surface area contributed by atoms with Gasteiger partial charge in [0.15, 0.2) is 0 Å². The van der Waals surface area contributed by atoms with Crippen LogP contribution in [0.3, 0.4) is 0 Å². The maximum Gasteiger partial charge on any atom is 0.321 e. The molecule has 2 atom stereocenters. The average molecular weight is 324 g/mol. The van der Waals surface area contributed by atoms with E-state index in [0.29, 0.717) is 12.2 Å². The van der Waals surface area contributed by atoms with E-state index in [-0.39, 0.29) is 0 Å². The molecular formula is C12H24N2O4S2. The number of unbranched alkanes of at least 4 members (excludes halogenated alkanes) is 4. The lowest BCUT2D eigenvalue weighted by Crippen LogP contribution is -2.32. The Hall–Kier alpha value is -0.440. The molecule has 20 heavy (non-hydrogen) atoms. The van der Waals surface area contributed by atoms with Gasteiger partial charge in [-0.3, -0.25) is 9.59 Å². The second-order valence-corrected chi connectivity index (χ2v) is 7.18. The van der Waals surface area contributed by atoms with Crippen LogP contribution in [-0.2, 0) is 9.59 Å². The van der Waals surface area contributed by atoms with Crippen LogP contribution in [0.15, 0.2) is 0 Å². The van der Waals surface area contributed by atoms with Crippen LogP contribution in [0.25, 0.3) is 0 Å². The maximum absolute atomic E-state index is 10.5. The van der Waals surface area contributed by atoms with Gasteiger partial charge in [-0.25, -0.2) is 0 Å². The first-order chi connectivity index (χ1) is 9.45. The zero-order chi connectivity index (χ0) is 15.4. The summed E-state index contributed by atoms with van der Waals surface area (Å²) in [5.41, 5.74) is 10.8. The number of carboxylic acid groups (broad SMARTS) is 2. The minimum atomic E-state index is -0.960. The highest BCUT2D eigenvalue weighted by Crippen LogP contribution is 2.23. The van der Waals surface area contributed by atoms with Gasteiger partial charge in [-0.15, -0.1) is 0 Å². The number of rotatable bonds is 13. The highest BCUT2D eigenvalue weighted by atomic mass is 33.1. The summed E-state index contributed by atoms with van der Waals surface area (Å²) in [7, 11) is 3.14. The average Bonchev–Trinajstić information content (AvgIpc) is 2.39. The quantitative estimate of drug-likeness (QED) is 0.297. The minimum absolute atomic E-state index is 0.424. The summed E-state index contributed by atoms with van der Waals surface area (Å²) in [5.74, 6) is -0.491. The summed E-state index contributed by atoms with van der Waals surface area (Å²) >= 11 is 0. The van der Waals surface area contributed by atoms with E-state index in [2.05, 4.69) is 0 Å². The Kier molecular flexibility index (Phi) is 12.0. The third-order valence-corrected chi connectivity index (χ3v) is 5.23. The smallest absolute Gasteiger partial charge is 0.321 e. The van der Waals surface area contributed by atoms with Gasteiger partial charge in [0.1, 0.15) is 12.1 Å². The number of hydrogen-bond donors (Lipinski definition) is 4. The molecule has 118 valence electrons. The van der Waals surface area contributed by atoms with E-state index in [9.17, 15) is 9.59 Å². The first kappa shape index (κ1) is 19.6. The fourth-order valence-electron chi connectivity index (χ4n) is 1.43. The van der Waals surface area contributed by atoms with Gasteiger partial charge in [0.2, 0.25) is 0 Å². The number of carbonyl (C=O) groups is 2. The molecule has 0 aliphatic carbocycles. The Bertz CT molecular complexity index is 265. The Labute approximate surface area is 127 Å². The van der Waals surface area contributed by atoms with Crippen molar-refractivity contribution in [2.45, 2.75) is 50.6 Å². The van der Waals surface area contributed by atoms with Gasteiger partial charge in [0, 0.05) is 11.5 Å². The monoisotopic (exact) mass is 324 g/mol. The van der Waals surface area contributed by atoms with E-state index in [1.165, 1.54) is 10.8 Å². The molecule has 0 saturated carbocycles.